The fourth-order valence-electron chi connectivity index (χ4n) is 4.65. The van der Waals surface area contributed by atoms with E-state index in [1.54, 1.807) is 0 Å². The van der Waals surface area contributed by atoms with Crippen molar-refractivity contribution in [3.8, 4) is 11.3 Å². The van der Waals surface area contributed by atoms with Crippen molar-refractivity contribution in [3.63, 3.8) is 0 Å². The molecule has 0 radical (unpaired) electrons. The number of likely N-dealkylation sites (tertiary alicyclic amines) is 1. The Morgan fingerprint density at radius 1 is 1.17 bits per heavy atom. The van der Waals surface area contributed by atoms with Gasteiger partial charge in [-0.1, -0.05) is 5.16 Å². The molecule has 0 aliphatic carbocycles. The Hall–Kier alpha value is -2.74. The van der Waals surface area contributed by atoms with Gasteiger partial charge in [0.2, 0.25) is 5.95 Å². The average molecular weight is 408 g/mol. The molecule has 1 atom stereocenters. The molecule has 3 aromatic rings. The Morgan fingerprint density at radius 3 is 2.77 bits per heavy atom. The Bertz CT molecular complexity index is 1000. The van der Waals surface area contributed by atoms with Crippen LogP contribution in [0.1, 0.15) is 48.7 Å². The van der Waals surface area contributed by atoms with Gasteiger partial charge < -0.3 is 9.42 Å². The minimum atomic E-state index is 0.344. The highest BCUT2D eigenvalue weighted by molar-refractivity contribution is 5.61. The van der Waals surface area contributed by atoms with Crippen LogP contribution < -0.4 is 4.90 Å². The summed E-state index contributed by atoms with van der Waals surface area (Å²) in [6, 6.07) is 4.08. The predicted octanol–water partition coefficient (Wildman–Crippen LogP) is 3.15. The first kappa shape index (κ1) is 19.2. The van der Waals surface area contributed by atoms with Crippen LogP contribution in [0.25, 0.3) is 11.3 Å². The Kier molecular flexibility index (Phi) is 5.25. The lowest BCUT2D eigenvalue weighted by Crippen LogP contribution is -2.35. The summed E-state index contributed by atoms with van der Waals surface area (Å²) in [7, 11) is 2.01. The van der Waals surface area contributed by atoms with Crippen molar-refractivity contribution >= 4 is 5.95 Å². The fraction of sp³-hybridized carbons (Fsp3) is 0.545. The molecule has 8 heteroatoms. The first-order valence-electron chi connectivity index (χ1n) is 10.9. The Labute approximate surface area is 176 Å². The third-order valence-electron chi connectivity index (χ3n) is 6.29. The van der Waals surface area contributed by atoms with Crippen LogP contribution in [0.3, 0.4) is 0 Å². The standard InChI is InChI=1S/C22H29N7O/c1-16-12-20(30-26-16)19-13-23-22(29-10-3-4-11-29)25-21(19)17-6-5-9-28(14-17)15-18-7-8-24-27(18)2/h7-8,12-13,17H,3-6,9-11,14-15H2,1-2H3/t17-/m0/s1. The number of nitrogens with zero attached hydrogens (tertiary/aromatic N) is 7. The zero-order chi connectivity index (χ0) is 20.5. The van der Waals surface area contributed by atoms with Crippen LogP contribution in [0, 0.1) is 6.92 Å². The summed E-state index contributed by atoms with van der Waals surface area (Å²) in [5.74, 6) is 1.96. The van der Waals surface area contributed by atoms with Crippen molar-refractivity contribution < 1.29 is 4.52 Å². The lowest BCUT2D eigenvalue weighted by Gasteiger charge is -2.33. The summed E-state index contributed by atoms with van der Waals surface area (Å²) < 4.78 is 7.57. The maximum absolute atomic E-state index is 5.61. The molecule has 158 valence electrons. The molecular formula is C22H29N7O. The highest BCUT2D eigenvalue weighted by Gasteiger charge is 2.28. The Balaban J connectivity index is 1.45. The van der Waals surface area contributed by atoms with Gasteiger partial charge in [-0.05, 0) is 45.2 Å². The predicted molar refractivity (Wildman–Crippen MR) is 114 cm³/mol. The van der Waals surface area contributed by atoms with Crippen molar-refractivity contribution in [3.05, 3.63) is 41.6 Å². The van der Waals surface area contributed by atoms with E-state index >= 15 is 0 Å². The van der Waals surface area contributed by atoms with Crippen molar-refractivity contribution in [2.24, 2.45) is 7.05 Å². The largest absolute Gasteiger partial charge is 0.356 e. The zero-order valence-corrected chi connectivity index (χ0v) is 17.8. The second-order valence-corrected chi connectivity index (χ2v) is 8.52. The topological polar surface area (TPSA) is 76.1 Å². The van der Waals surface area contributed by atoms with E-state index in [1.807, 2.05) is 37.1 Å². The van der Waals surface area contributed by atoms with Crippen molar-refractivity contribution in [2.45, 2.75) is 45.1 Å². The molecule has 0 saturated carbocycles. The van der Waals surface area contributed by atoms with E-state index in [9.17, 15) is 0 Å². The quantitative estimate of drug-likeness (QED) is 0.643. The Morgan fingerprint density at radius 2 is 2.03 bits per heavy atom. The highest BCUT2D eigenvalue weighted by Crippen LogP contribution is 2.35. The summed E-state index contributed by atoms with van der Waals surface area (Å²) in [5.41, 5.74) is 4.19. The van der Waals surface area contributed by atoms with Crippen LogP contribution in [0.15, 0.2) is 29.0 Å². The minimum absolute atomic E-state index is 0.344. The van der Waals surface area contributed by atoms with E-state index < -0.39 is 0 Å². The summed E-state index contributed by atoms with van der Waals surface area (Å²) >= 11 is 0. The fourth-order valence-corrected chi connectivity index (χ4v) is 4.65. The molecule has 0 spiro atoms. The summed E-state index contributed by atoms with van der Waals surface area (Å²) in [5, 5.41) is 8.41. The van der Waals surface area contributed by atoms with Crippen LogP contribution in [0.2, 0.25) is 0 Å². The van der Waals surface area contributed by atoms with Crippen LogP contribution in [0.5, 0.6) is 0 Å². The summed E-state index contributed by atoms with van der Waals surface area (Å²) in [4.78, 5) is 14.6. The van der Waals surface area contributed by atoms with Gasteiger partial charge in [0.1, 0.15) is 0 Å². The summed E-state index contributed by atoms with van der Waals surface area (Å²) in [6.07, 6.45) is 8.51. The maximum atomic E-state index is 5.61. The van der Waals surface area contributed by atoms with Gasteiger partial charge in [-0.2, -0.15) is 5.10 Å². The van der Waals surface area contributed by atoms with Gasteiger partial charge in [0, 0.05) is 57.6 Å². The van der Waals surface area contributed by atoms with Crippen molar-refractivity contribution in [1.29, 1.82) is 0 Å². The number of aromatic nitrogens is 5. The molecule has 0 amide bonds. The van der Waals surface area contributed by atoms with E-state index in [4.69, 9.17) is 14.5 Å². The molecule has 0 bridgehead atoms. The smallest absolute Gasteiger partial charge is 0.225 e. The maximum Gasteiger partial charge on any atom is 0.225 e. The lowest BCUT2D eigenvalue weighted by molar-refractivity contribution is 0.194. The molecule has 0 N–H and O–H groups in total. The van der Waals surface area contributed by atoms with E-state index in [2.05, 4.69) is 26.1 Å². The van der Waals surface area contributed by atoms with E-state index in [-0.39, 0.29) is 0 Å². The van der Waals surface area contributed by atoms with Crippen LogP contribution in [0.4, 0.5) is 5.95 Å². The minimum Gasteiger partial charge on any atom is -0.356 e. The van der Waals surface area contributed by atoms with Crippen LogP contribution >= 0.6 is 0 Å². The molecule has 0 unspecified atom stereocenters. The number of piperidine rings is 1. The average Bonchev–Trinajstić information content (AvgIpc) is 3.52. The number of rotatable bonds is 5. The second-order valence-electron chi connectivity index (χ2n) is 8.52. The van der Waals surface area contributed by atoms with Gasteiger partial charge in [-0.15, -0.1) is 0 Å². The molecule has 8 nitrogen and oxygen atoms in total. The van der Waals surface area contributed by atoms with E-state index in [0.29, 0.717) is 5.92 Å². The molecular weight excluding hydrogens is 378 g/mol. The van der Waals surface area contributed by atoms with Gasteiger partial charge in [-0.25, -0.2) is 9.97 Å². The third-order valence-corrected chi connectivity index (χ3v) is 6.29. The normalized spacial score (nSPS) is 20.2. The molecule has 2 saturated heterocycles. The highest BCUT2D eigenvalue weighted by atomic mass is 16.5. The van der Waals surface area contributed by atoms with Gasteiger partial charge in [0.05, 0.1) is 22.6 Å². The van der Waals surface area contributed by atoms with Gasteiger partial charge in [0.25, 0.3) is 0 Å². The summed E-state index contributed by atoms with van der Waals surface area (Å²) in [6.45, 7) is 7.01. The van der Waals surface area contributed by atoms with Crippen molar-refractivity contribution in [2.75, 3.05) is 31.1 Å². The first-order valence-corrected chi connectivity index (χ1v) is 10.9. The third kappa shape index (κ3) is 3.84. The molecule has 0 aromatic carbocycles. The van der Waals surface area contributed by atoms with Gasteiger partial charge >= 0.3 is 0 Å². The molecule has 5 rings (SSSR count). The van der Waals surface area contributed by atoms with Crippen LogP contribution in [-0.2, 0) is 13.6 Å². The van der Waals surface area contributed by atoms with Gasteiger partial charge in [-0.3, -0.25) is 9.58 Å². The van der Waals surface area contributed by atoms with E-state index in [1.165, 1.54) is 18.5 Å². The van der Waals surface area contributed by atoms with Crippen LogP contribution in [-0.4, -0.2) is 56.0 Å². The first-order chi connectivity index (χ1) is 14.7. The lowest BCUT2D eigenvalue weighted by atomic mass is 9.91. The van der Waals surface area contributed by atoms with E-state index in [0.717, 1.165) is 74.2 Å². The molecule has 2 aliphatic heterocycles. The monoisotopic (exact) mass is 407 g/mol. The number of hydrogen-bond donors (Lipinski definition) is 0. The SMILES string of the molecule is Cc1cc(-c2cnc(N3CCCC3)nc2[C@H]2CCCN(Cc3ccnn3C)C2)on1. The molecule has 30 heavy (non-hydrogen) atoms. The molecule has 3 aromatic heterocycles. The molecule has 5 heterocycles. The second kappa shape index (κ2) is 8.18. The number of aryl methyl sites for hydroxylation is 2. The zero-order valence-electron chi connectivity index (χ0n) is 17.8. The molecule has 2 aliphatic rings. The number of hydrogen-bond acceptors (Lipinski definition) is 7. The van der Waals surface area contributed by atoms with Crippen molar-refractivity contribution in [1.82, 2.24) is 29.8 Å². The number of anilines is 1. The molecule has 2 fully saturated rings. The van der Waals surface area contributed by atoms with Gasteiger partial charge in [0.15, 0.2) is 5.76 Å².